The zero-order chi connectivity index (χ0) is 13.8. The summed E-state index contributed by atoms with van der Waals surface area (Å²) in [5.74, 6) is -0.861. The van der Waals surface area contributed by atoms with Crippen molar-refractivity contribution in [2.24, 2.45) is 0 Å². The molecule has 1 aromatic carbocycles. The van der Waals surface area contributed by atoms with Crippen LogP contribution in [0.15, 0.2) is 18.2 Å². The van der Waals surface area contributed by atoms with E-state index in [0.717, 1.165) is 37.2 Å². The van der Waals surface area contributed by atoms with Crippen LogP contribution < -0.4 is 0 Å². The van der Waals surface area contributed by atoms with E-state index >= 15 is 0 Å². The maximum Gasteiger partial charge on any atom is 0.335 e. The minimum absolute atomic E-state index is 0.373. The number of rotatable bonds is 5. The molecule has 19 heavy (non-hydrogen) atoms. The van der Waals surface area contributed by atoms with Crippen molar-refractivity contribution in [1.29, 1.82) is 0 Å². The third kappa shape index (κ3) is 3.55. The standard InChI is InChI=1S/C15H21NO3/c1-11-6-12(8-13(7-11)15(17)18)9-16-5-3-4-14(16)10-19-2/h6-8,14H,3-5,9-10H2,1-2H3,(H,17,18)/t14-/m1/s1. The molecule has 4 heteroatoms. The molecule has 1 heterocycles. The molecule has 1 aromatic rings. The Balaban J connectivity index is 2.12. The van der Waals surface area contributed by atoms with Crippen LogP contribution in [-0.4, -0.2) is 42.3 Å². The first-order chi connectivity index (χ1) is 9.10. The Labute approximate surface area is 114 Å². The molecule has 1 aliphatic heterocycles. The van der Waals surface area contributed by atoms with Gasteiger partial charge in [-0.2, -0.15) is 0 Å². The highest BCUT2D eigenvalue weighted by molar-refractivity contribution is 5.88. The van der Waals surface area contributed by atoms with Crippen LogP contribution in [0, 0.1) is 6.92 Å². The van der Waals surface area contributed by atoms with E-state index in [0.29, 0.717) is 11.6 Å². The van der Waals surface area contributed by atoms with Crippen LogP contribution in [0.5, 0.6) is 0 Å². The third-order valence-corrected chi connectivity index (χ3v) is 3.63. The molecule has 0 aliphatic carbocycles. The Bertz CT molecular complexity index is 459. The van der Waals surface area contributed by atoms with Crippen LogP contribution in [0.3, 0.4) is 0 Å². The number of nitrogens with zero attached hydrogens (tertiary/aromatic N) is 1. The maximum absolute atomic E-state index is 11.1. The normalized spacial score (nSPS) is 19.8. The Kier molecular flexibility index (Phi) is 4.56. The lowest BCUT2D eigenvalue weighted by molar-refractivity contribution is 0.0696. The molecule has 0 aromatic heterocycles. The van der Waals surface area contributed by atoms with Gasteiger partial charge in [0.2, 0.25) is 0 Å². The second-order valence-electron chi connectivity index (χ2n) is 5.23. The molecule has 1 fully saturated rings. The van der Waals surface area contributed by atoms with Crippen LogP contribution in [0.25, 0.3) is 0 Å². The summed E-state index contributed by atoms with van der Waals surface area (Å²) in [4.78, 5) is 13.5. The topological polar surface area (TPSA) is 49.8 Å². The summed E-state index contributed by atoms with van der Waals surface area (Å²) in [6, 6.07) is 6.01. The number of carboxylic acids is 1. The second-order valence-corrected chi connectivity index (χ2v) is 5.23. The van der Waals surface area contributed by atoms with Crippen molar-refractivity contribution in [3.05, 3.63) is 34.9 Å². The summed E-state index contributed by atoms with van der Waals surface area (Å²) >= 11 is 0. The number of carboxylic acid groups (broad SMARTS) is 1. The van der Waals surface area contributed by atoms with Crippen molar-refractivity contribution < 1.29 is 14.6 Å². The summed E-state index contributed by atoms with van der Waals surface area (Å²) in [6.45, 7) is 4.55. The van der Waals surface area contributed by atoms with E-state index < -0.39 is 5.97 Å². The number of aromatic carboxylic acids is 1. The monoisotopic (exact) mass is 263 g/mol. The zero-order valence-corrected chi connectivity index (χ0v) is 11.6. The molecule has 1 aliphatic rings. The van der Waals surface area contributed by atoms with Gasteiger partial charge in [-0.15, -0.1) is 0 Å². The molecule has 2 rings (SSSR count). The van der Waals surface area contributed by atoms with Crippen LogP contribution in [0.4, 0.5) is 0 Å². The third-order valence-electron chi connectivity index (χ3n) is 3.63. The predicted octanol–water partition coefficient (Wildman–Crippen LogP) is 2.30. The first-order valence-corrected chi connectivity index (χ1v) is 6.67. The quantitative estimate of drug-likeness (QED) is 0.885. The lowest BCUT2D eigenvalue weighted by Gasteiger charge is -2.24. The summed E-state index contributed by atoms with van der Waals surface area (Å²) in [5, 5.41) is 9.10. The molecule has 0 unspecified atom stereocenters. The molecule has 0 bridgehead atoms. The summed E-state index contributed by atoms with van der Waals surface area (Å²) in [7, 11) is 1.73. The van der Waals surface area contributed by atoms with Crippen molar-refractivity contribution in [3.63, 3.8) is 0 Å². The molecule has 0 radical (unpaired) electrons. The molecular weight excluding hydrogens is 242 g/mol. The molecule has 0 saturated carbocycles. The SMILES string of the molecule is COC[C@H]1CCCN1Cc1cc(C)cc(C(=O)O)c1. The first-order valence-electron chi connectivity index (χ1n) is 6.67. The highest BCUT2D eigenvalue weighted by atomic mass is 16.5. The van der Waals surface area contributed by atoms with E-state index in [-0.39, 0.29) is 0 Å². The van der Waals surface area contributed by atoms with Gasteiger partial charge in [-0.1, -0.05) is 6.07 Å². The minimum Gasteiger partial charge on any atom is -0.478 e. The largest absolute Gasteiger partial charge is 0.478 e. The molecule has 1 saturated heterocycles. The molecule has 4 nitrogen and oxygen atoms in total. The van der Waals surface area contributed by atoms with Crippen LogP contribution >= 0.6 is 0 Å². The average Bonchev–Trinajstić information content (AvgIpc) is 2.76. The Morgan fingerprint density at radius 1 is 1.47 bits per heavy atom. The van der Waals surface area contributed by atoms with Gasteiger partial charge in [-0.25, -0.2) is 4.79 Å². The molecule has 1 N–H and O–H groups in total. The van der Waals surface area contributed by atoms with E-state index in [1.165, 1.54) is 6.42 Å². The van der Waals surface area contributed by atoms with Gasteiger partial charge in [0, 0.05) is 19.7 Å². The summed E-state index contributed by atoms with van der Waals surface area (Å²) in [5.41, 5.74) is 2.44. The first kappa shape index (κ1) is 14.0. The molecule has 1 atom stereocenters. The van der Waals surface area contributed by atoms with E-state index in [2.05, 4.69) is 11.0 Å². The highest BCUT2D eigenvalue weighted by Crippen LogP contribution is 2.21. The highest BCUT2D eigenvalue weighted by Gasteiger charge is 2.24. The summed E-state index contributed by atoms with van der Waals surface area (Å²) < 4.78 is 5.24. The van der Waals surface area contributed by atoms with E-state index in [1.807, 2.05) is 6.92 Å². The number of ether oxygens (including phenoxy) is 1. The van der Waals surface area contributed by atoms with Crippen LogP contribution in [0.2, 0.25) is 0 Å². The van der Waals surface area contributed by atoms with E-state index in [9.17, 15) is 4.79 Å². The van der Waals surface area contributed by atoms with E-state index in [4.69, 9.17) is 9.84 Å². The van der Waals surface area contributed by atoms with Crippen LogP contribution in [0.1, 0.15) is 34.3 Å². The van der Waals surface area contributed by atoms with E-state index in [1.54, 1.807) is 19.2 Å². The molecule has 0 spiro atoms. The van der Waals surface area contributed by atoms with Crippen molar-refractivity contribution in [2.45, 2.75) is 32.4 Å². The van der Waals surface area contributed by atoms with Gasteiger partial charge in [0.05, 0.1) is 12.2 Å². The minimum atomic E-state index is -0.861. The van der Waals surface area contributed by atoms with Gasteiger partial charge < -0.3 is 9.84 Å². The maximum atomic E-state index is 11.1. The fraction of sp³-hybridized carbons (Fsp3) is 0.533. The lowest BCUT2D eigenvalue weighted by Crippen LogP contribution is -2.32. The number of methoxy groups -OCH3 is 1. The lowest BCUT2D eigenvalue weighted by atomic mass is 10.1. The second kappa shape index (κ2) is 6.17. The van der Waals surface area contributed by atoms with Crippen LogP contribution in [-0.2, 0) is 11.3 Å². The van der Waals surface area contributed by atoms with Gasteiger partial charge in [-0.3, -0.25) is 4.90 Å². The van der Waals surface area contributed by atoms with Gasteiger partial charge in [0.25, 0.3) is 0 Å². The number of aryl methyl sites for hydroxylation is 1. The summed E-state index contributed by atoms with van der Waals surface area (Å²) in [6.07, 6.45) is 2.34. The zero-order valence-electron chi connectivity index (χ0n) is 11.6. The number of hydrogen-bond donors (Lipinski definition) is 1. The molecule has 104 valence electrons. The van der Waals surface area contributed by atoms with Gasteiger partial charge in [0.1, 0.15) is 0 Å². The molecular formula is C15H21NO3. The van der Waals surface area contributed by atoms with Gasteiger partial charge in [-0.05, 0) is 49.6 Å². The predicted molar refractivity (Wildman–Crippen MR) is 73.4 cm³/mol. The van der Waals surface area contributed by atoms with Gasteiger partial charge >= 0.3 is 5.97 Å². The number of likely N-dealkylation sites (tertiary alicyclic amines) is 1. The van der Waals surface area contributed by atoms with Crippen molar-refractivity contribution in [3.8, 4) is 0 Å². The van der Waals surface area contributed by atoms with Gasteiger partial charge in [0.15, 0.2) is 0 Å². The fourth-order valence-electron chi connectivity index (χ4n) is 2.80. The Hall–Kier alpha value is -1.39. The van der Waals surface area contributed by atoms with Crippen molar-refractivity contribution in [2.75, 3.05) is 20.3 Å². The fourth-order valence-corrected chi connectivity index (χ4v) is 2.80. The Morgan fingerprint density at radius 2 is 2.26 bits per heavy atom. The average molecular weight is 263 g/mol. The Morgan fingerprint density at radius 3 is 2.95 bits per heavy atom. The number of carbonyl (C=O) groups is 1. The number of benzene rings is 1. The van der Waals surface area contributed by atoms with Crippen molar-refractivity contribution in [1.82, 2.24) is 4.90 Å². The molecule has 0 amide bonds. The van der Waals surface area contributed by atoms with Crippen molar-refractivity contribution >= 4 is 5.97 Å². The number of hydrogen-bond acceptors (Lipinski definition) is 3. The smallest absolute Gasteiger partial charge is 0.335 e.